The van der Waals surface area contributed by atoms with E-state index in [2.05, 4.69) is 10.0 Å². The molecule has 0 spiro atoms. The predicted octanol–water partition coefficient (Wildman–Crippen LogP) is 3.90. The average molecular weight is 440 g/mol. The topological polar surface area (TPSA) is 75.3 Å². The summed E-state index contributed by atoms with van der Waals surface area (Å²) in [4.78, 5) is 12.3. The van der Waals surface area contributed by atoms with Gasteiger partial charge in [0.15, 0.2) is 0 Å². The highest BCUT2D eigenvalue weighted by atomic mass is 32.2. The standard InChI is InChI=1S/C21H23F3N2O3S/c22-21(23,24)19-8-4-3-7-18(19)20(27)25-14-13-15-9-11-17(12-10-15)30(28,29)26-16-5-1-2-6-16/h3-4,7-12,16,26H,1-2,5-6,13-14H2,(H,25,27). The van der Waals surface area contributed by atoms with E-state index in [-0.39, 0.29) is 17.5 Å². The summed E-state index contributed by atoms with van der Waals surface area (Å²) in [5.41, 5.74) is -0.643. The number of carbonyl (C=O) groups is 1. The molecule has 162 valence electrons. The van der Waals surface area contributed by atoms with E-state index in [0.717, 1.165) is 43.4 Å². The van der Waals surface area contributed by atoms with Crippen molar-refractivity contribution < 1.29 is 26.4 Å². The maximum atomic E-state index is 13.0. The van der Waals surface area contributed by atoms with Crippen LogP contribution in [0.15, 0.2) is 53.4 Å². The zero-order valence-corrected chi connectivity index (χ0v) is 17.0. The van der Waals surface area contributed by atoms with Crippen LogP contribution in [0.4, 0.5) is 13.2 Å². The molecule has 5 nitrogen and oxygen atoms in total. The smallest absolute Gasteiger partial charge is 0.352 e. The highest BCUT2D eigenvalue weighted by molar-refractivity contribution is 7.89. The molecule has 0 aromatic heterocycles. The molecule has 2 aromatic carbocycles. The van der Waals surface area contributed by atoms with Crippen molar-refractivity contribution in [1.29, 1.82) is 0 Å². The molecule has 0 aliphatic heterocycles. The number of halogens is 3. The van der Waals surface area contributed by atoms with Gasteiger partial charge in [0.25, 0.3) is 5.91 Å². The molecule has 1 amide bonds. The lowest BCUT2D eigenvalue weighted by Gasteiger charge is -2.13. The van der Waals surface area contributed by atoms with Crippen LogP contribution in [0.3, 0.4) is 0 Å². The van der Waals surface area contributed by atoms with Crippen molar-refractivity contribution in [3.05, 3.63) is 65.2 Å². The van der Waals surface area contributed by atoms with Crippen molar-refractivity contribution in [2.24, 2.45) is 0 Å². The molecule has 2 N–H and O–H groups in total. The van der Waals surface area contributed by atoms with Gasteiger partial charge < -0.3 is 5.32 Å². The maximum Gasteiger partial charge on any atom is 0.417 e. The SMILES string of the molecule is O=C(NCCc1ccc(S(=O)(=O)NC2CCCC2)cc1)c1ccccc1C(F)(F)F. The first kappa shape index (κ1) is 22.3. The van der Waals surface area contributed by atoms with Gasteiger partial charge in [-0.05, 0) is 49.1 Å². The summed E-state index contributed by atoms with van der Waals surface area (Å²) in [6.07, 6.45) is -0.530. The van der Waals surface area contributed by atoms with Crippen molar-refractivity contribution in [2.75, 3.05) is 6.54 Å². The molecule has 0 bridgehead atoms. The van der Waals surface area contributed by atoms with Gasteiger partial charge >= 0.3 is 6.18 Å². The highest BCUT2D eigenvalue weighted by Gasteiger charge is 2.34. The molecule has 2 aromatic rings. The zero-order valence-electron chi connectivity index (χ0n) is 16.2. The van der Waals surface area contributed by atoms with Crippen LogP contribution >= 0.6 is 0 Å². The summed E-state index contributed by atoms with van der Waals surface area (Å²) in [5.74, 6) is -0.803. The fourth-order valence-electron chi connectivity index (χ4n) is 3.51. The fourth-order valence-corrected chi connectivity index (χ4v) is 4.82. The number of benzene rings is 2. The minimum Gasteiger partial charge on any atom is -0.352 e. The normalized spacial score (nSPS) is 15.3. The average Bonchev–Trinajstić information content (AvgIpc) is 3.20. The number of hydrogen-bond acceptors (Lipinski definition) is 3. The van der Waals surface area contributed by atoms with Gasteiger partial charge in [0.2, 0.25) is 10.0 Å². The van der Waals surface area contributed by atoms with Gasteiger partial charge in [-0.15, -0.1) is 0 Å². The van der Waals surface area contributed by atoms with Gasteiger partial charge in [-0.25, -0.2) is 13.1 Å². The molecule has 1 saturated carbocycles. The van der Waals surface area contributed by atoms with Crippen molar-refractivity contribution in [2.45, 2.75) is 49.2 Å². The van der Waals surface area contributed by atoms with Crippen molar-refractivity contribution in [3.63, 3.8) is 0 Å². The lowest BCUT2D eigenvalue weighted by atomic mass is 10.1. The number of rotatable bonds is 7. The molecular formula is C21H23F3N2O3S. The van der Waals surface area contributed by atoms with Gasteiger partial charge in [-0.1, -0.05) is 37.1 Å². The Labute approximate surface area is 173 Å². The minimum atomic E-state index is -4.61. The largest absolute Gasteiger partial charge is 0.417 e. The molecule has 30 heavy (non-hydrogen) atoms. The van der Waals surface area contributed by atoms with Crippen LogP contribution in [0.1, 0.15) is 47.2 Å². The Kier molecular flexibility index (Phi) is 6.82. The molecule has 0 atom stereocenters. The van der Waals surface area contributed by atoms with Crippen LogP contribution in [0.2, 0.25) is 0 Å². The first-order valence-corrected chi connectivity index (χ1v) is 11.2. The lowest BCUT2D eigenvalue weighted by Crippen LogP contribution is -2.32. The van der Waals surface area contributed by atoms with E-state index in [0.29, 0.717) is 6.42 Å². The van der Waals surface area contributed by atoms with Crippen LogP contribution in [0, 0.1) is 0 Å². The Balaban J connectivity index is 1.56. The van der Waals surface area contributed by atoms with E-state index in [1.807, 2.05) is 0 Å². The van der Waals surface area contributed by atoms with Gasteiger partial charge in [0, 0.05) is 12.6 Å². The summed E-state index contributed by atoms with van der Waals surface area (Å²) in [7, 11) is -3.58. The van der Waals surface area contributed by atoms with Crippen molar-refractivity contribution in [3.8, 4) is 0 Å². The Morgan fingerprint density at radius 3 is 2.27 bits per heavy atom. The maximum absolute atomic E-state index is 13.0. The van der Waals surface area contributed by atoms with Gasteiger partial charge in [-0.3, -0.25) is 4.79 Å². The van der Waals surface area contributed by atoms with E-state index in [4.69, 9.17) is 0 Å². The fraction of sp³-hybridized carbons (Fsp3) is 0.381. The number of amides is 1. The van der Waals surface area contributed by atoms with Crippen LogP contribution < -0.4 is 10.0 Å². The Hall–Kier alpha value is -2.39. The summed E-state index contributed by atoms with van der Waals surface area (Å²) in [5, 5.41) is 2.48. The molecule has 0 saturated heterocycles. The van der Waals surface area contributed by atoms with E-state index < -0.39 is 33.2 Å². The molecule has 3 rings (SSSR count). The third-order valence-electron chi connectivity index (χ3n) is 5.09. The summed E-state index contributed by atoms with van der Waals surface area (Å²) in [6, 6.07) is 10.9. The number of hydrogen-bond donors (Lipinski definition) is 2. The van der Waals surface area contributed by atoms with Gasteiger partial charge in [0.05, 0.1) is 16.0 Å². The number of alkyl halides is 3. The summed E-state index contributed by atoms with van der Waals surface area (Å²) < 4.78 is 66.6. The number of nitrogens with one attached hydrogen (secondary N) is 2. The van der Waals surface area contributed by atoms with E-state index in [9.17, 15) is 26.4 Å². The molecule has 9 heteroatoms. The van der Waals surface area contributed by atoms with Crippen LogP contribution in [-0.4, -0.2) is 26.9 Å². The van der Waals surface area contributed by atoms with E-state index in [1.165, 1.54) is 24.3 Å². The summed E-state index contributed by atoms with van der Waals surface area (Å²) >= 11 is 0. The predicted molar refractivity (Wildman–Crippen MR) is 107 cm³/mol. The lowest BCUT2D eigenvalue weighted by molar-refractivity contribution is -0.137. The Morgan fingerprint density at radius 1 is 1.00 bits per heavy atom. The van der Waals surface area contributed by atoms with Crippen molar-refractivity contribution >= 4 is 15.9 Å². The van der Waals surface area contributed by atoms with Gasteiger partial charge in [0.1, 0.15) is 0 Å². The van der Waals surface area contributed by atoms with Crippen molar-refractivity contribution in [1.82, 2.24) is 10.0 Å². The van der Waals surface area contributed by atoms with Crippen LogP contribution in [0.25, 0.3) is 0 Å². The Bertz CT molecular complexity index is 983. The highest BCUT2D eigenvalue weighted by Crippen LogP contribution is 2.31. The molecule has 1 fully saturated rings. The zero-order chi connectivity index (χ0) is 21.8. The molecular weight excluding hydrogens is 417 g/mol. The molecule has 1 aliphatic rings. The third kappa shape index (κ3) is 5.60. The first-order chi connectivity index (χ1) is 14.2. The molecule has 0 radical (unpaired) electrons. The minimum absolute atomic E-state index is 0.0236. The second-order valence-electron chi connectivity index (χ2n) is 7.30. The molecule has 0 heterocycles. The number of sulfonamides is 1. The van der Waals surface area contributed by atoms with E-state index in [1.54, 1.807) is 12.1 Å². The molecule has 0 unspecified atom stereocenters. The van der Waals surface area contributed by atoms with Crippen LogP contribution in [-0.2, 0) is 22.6 Å². The first-order valence-electron chi connectivity index (χ1n) is 9.72. The van der Waals surface area contributed by atoms with Crippen LogP contribution in [0.5, 0.6) is 0 Å². The monoisotopic (exact) mass is 440 g/mol. The second-order valence-corrected chi connectivity index (χ2v) is 9.01. The molecule has 1 aliphatic carbocycles. The third-order valence-corrected chi connectivity index (χ3v) is 6.62. The van der Waals surface area contributed by atoms with Gasteiger partial charge in [-0.2, -0.15) is 13.2 Å². The summed E-state index contributed by atoms with van der Waals surface area (Å²) in [6.45, 7) is 0.122. The van der Waals surface area contributed by atoms with E-state index >= 15 is 0 Å². The second kappa shape index (κ2) is 9.18. The Morgan fingerprint density at radius 2 is 1.63 bits per heavy atom. The number of carbonyl (C=O) groups excluding carboxylic acids is 1. The quantitative estimate of drug-likeness (QED) is 0.686.